The Morgan fingerprint density at radius 2 is 1.75 bits per heavy atom. The molecule has 0 fully saturated rings. The third-order valence-corrected chi connectivity index (χ3v) is 2.94. The van der Waals surface area contributed by atoms with Crippen molar-refractivity contribution >= 4 is 11.8 Å². The average Bonchev–Trinajstić information content (AvgIpc) is 2.31. The van der Waals surface area contributed by atoms with E-state index in [4.69, 9.17) is 0 Å². The second-order valence-electron chi connectivity index (χ2n) is 3.20. The zero-order chi connectivity index (χ0) is 12.2. The minimum absolute atomic E-state index is 1.08. The molecule has 0 aliphatic carbocycles. The molecule has 0 rings (SSSR count). The summed E-state index contributed by atoms with van der Waals surface area (Å²) in [6, 6.07) is 0. The monoisotopic (exact) mass is 234 g/mol. The van der Waals surface area contributed by atoms with Crippen LogP contribution in [0, 0.1) is 0 Å². The van der Waals surface area contributed by atoms with E-state index in [1.807, 2.05) is 19.9 Å². The van der Waals surface area contributed by atoms with Gasteiger partial charge in [0, 0.05) is 9.81 Å². The van der Waals surface area contributed by atoms with Crippen LogP contribution in [0.3, 0.4) is 0 Å². The molecule has 1 heteroatoms. The predicted octanol–water partition coefficient (Wildman–Crippen LogP) is 5.63. The summed E-state index contributed by atoms with van der Waals surface area (Å²) in [6.45, 7) is 8.30. The third-order valence-electron chi connectivity index (χ3n) is 1.82. The SMILES string of the molecule is C\C=C/C=C(\C=C/C)SC(/C=C\CC)=C/C. The van der Waals surface area contributed by atoms with E-state index in [1.165, 1.54) is 9.81 Å². The van der Waals surface area contributed by atoms with Gasteiger partial charge in [-0.05, 0) is 33.3 Å². The van der Waals surface area contributed by atoms with Crippen LogP contribution in [0.1, 0.15) is 34.1 Å². The molecule has 88 valence electrons. The van der Waals surface area contributed by atoms with Crippen LogP contribution in [0.4, 0.5) is 0 Å². The lowest BCUT2D eigenvalue weighted by Crippen LogP contribution is -1.74. The van der Waals surface area contributed by atoms with Crippen LogP contribution < -0.4 is 0 Å². The molecule has 0 amide bonds. The zero-order valence-electron chi connectivity index (χ0n) is 10.7. The highest BCUT2D eigenvalue weighted by molar-refractivity contribution is 8.07. The van der Waals surface area contributed by atoms with E-state index >= 15 is 0 Å². The normalized spacial score (nSPS) is 14.8. The molecule has 0 nitrogen and oxygen atoms in total. The molecule has 0 aliphatic rings. The Kier molecular flexibility index (Phi) is 9.94. The summed E-state index contributed by atoms with van der Waals surface area (Å²) in [7, 11) is 0. The number of hydrogen-bond donors (Lipinski definition) is 0. The van der Waals surface area contributed by atoms with Crippen LogP contribution in [0.15, 0.2) is 58.4 Å². The van der Waals surface area contributed by atoms with Crippen molar-refractivity contribution in [2.75, 3.05) is 0 Å². The summed E-state index contributed by atoms with van der Waals surface area (Å²) < 4.78 is 0. The van der Waals surface area contributed by atoms with E-state index in [1.54, 1.807) is 11.8 Å². The molecule has 0 saturated carbocycles. The number of allylic oxidation sites excluding steroid dienone is 8. The highest BCUT2D eigenvalue weighted by atomic mass is 32.2. The molecule has 0 aromatic heterocycles. The molecule has 0 aliphatic heterocycles. The smallest absolute Gasteiger partial charge is 0.0118 e. The van der Waals surface area contributed by atoms with Gasteiger partial charge in [-0.1, -0.05) is 61.2 Å². The summed E-state index contributed by atoms with van der Waals surface area (Å²) in [5, 5.41) is 0. The summed E-state index contributed by atoms with van der Waals surface area (Å²) >= 11 is 1.79. The third kappa shape index (κ3) is 7.36. The lowest BCUT2D eigenvalue weighted by molar-refractivity contribution is 1.22. The molecule has 0 spiro atoms. The summed E-state index contributed by atoms with van der Waals surface area (Å²) in [4.78, 5) is 2.55. The second-order valence-corrected chi connectivity index (χ2v) is 4.35. The molecule has 0 radical (unpaired) electrons. The Labute approximate surface area is 105 Å². The Morgan fingerprint density at radius 1 is 1.00 bits per heavy atom. The van der Waals surface area contributed by atoms with Gasteiger partial charge in [0.05, 0.1) is 0 Å². The van der Waals surface area contributed by atoms with Crippen molar-refractivity contribution < 1.29 is 0 Å². The van der Waals surface area contributed by atoms with Crippen LogP contribution in [-0.4, -0.2) is 0 Å². The van der Waals surface area contributed by atoms with Crippen LogP contribution in [-0.2, 0) is 0 Å². The molecule has 16 heavy (non-hydrogen) atoms. The van der Waals surface area contributed by atoms with Crippen molar-refractivity contribution in [1.29, 1.82) is 0 Å². The van der Waals surface area contributed by atoms with Crippen molar-refractivity contribution in [3.05, 3.63) is 58.4 Å². The number of hydrogen-bond acceptors (Lipinski definition) is 1. The fourth-order valence-electron chi connectivity index (χ4n) is 1.04. The van der Waals surface area contributed by atoms with E-state index in [2.05, 4.69) is 56.4 Å². The van der Waals surface area contributed by atoms with E-state index in [-0.39, 0.29) is 0 Å². The summed E-state index contributed by atoms with van der Waals surface area (Å²) in [6.07, 6.45) is 18.0. The molecule has 0 bridgehead atoms. The van der Waals surface area contributed by atoms with Crippen LogP contribution >= 0.6 is 11.8 Å². The van der Waals surface area contributed by atoms with Gasteiger partial charge in [-0.15, -0.1) is 0 Å². The first-order valence-corrected chi connectivity index (χ1v) is 6.56. The van der Waals surface area contributed by atoms with Gasteiger partial charge in [0.2, 0.25) is 0 Å². The maximum atomic E-state index is 2.19. The largest absolute Gasteiger partial charge is 0.0905 e. The molecule has 0 unspecified atom stereocenters. The van der Waals surface area contributed by atoms with Crippen molar-refractivity contribution in [1.82, 2.24) is 0 Å². The van der Waals surface area contributed by atoms with E-state index in [0.29, 0.717) is 0 Å². The average molecular weight is 234 g/mol. The molecule has 0 saturated heterocycles. The van der Waals surface area contributed by atoms with Crippen molar-refractivity contribution in [3.8, 4) is 0 Å². The van der Waals surface area contributed by atoms with Crippen LogP contribution in [0.2, 0.25) is 0 Å². The Morgan fingerprint density at radius 3 is 2.25 bits per heavy atom. The minimum Gasteiger partial charge on any atom is -0.0905 e. The van der Waals surface area contributed by atoms with Crippen molar-refractivity contribution in [3.63, 3.8) is 0 Å². The zero-order valence-corrected chi connectivity index (χ0v) is 11.6. The Bertz CT molecular complexity index is 314. The van der Waals surface area contributed by atoms with Crippen molar-refractivity contribution in [2.45, 2.75) is 34.1 Å². The standard InChI is InChI=1S/C15H22S/c1-5-9-12-14(8-4)16-15(11-7-3)13-10-6-2/h6-13H,5H2,1-4H3/b10-6-,11-7-,12-9-,14-8+,15-13+. The summed E-state index contributed by atoms with van der Waals surface area (Å²) in [5.41, 5.74) is 0. The van der Waals surface area contributed by atoms with Gasteiger partial charge in [0.1, 0.15) is 0 Å². The Hall–Kier alpha value is -0.950. The quantitative estimate of drug-likeness (QED) is 0.537. The van der Waals surface area contributed by atoms with Gasteiger partial charge in [-0.3, -0.25) is 0 Å². The van der Waals surface area contributed by atoms with Gasteiger partial charge < -0.3 is 0 Å². The minimum atomic E-state index is 1.08. The van der Waals surface area contributed by atoms with Gasteiger partial charge >= 0.3 is 0 Å². The second kappa shape index (κ2) is 10.6. The van der Waals surface area contributed by atoms with Crippen LogP contribution in [0.5, 0.6) is 0 Å². The predicted molar refractivity (Wildman–Crippen MR) is 78.5 cm³/mol. The highest BCUT2D eigenvalue weighted by Gasteiger charge is 1.95. The first kappa shape index (κ1) is 15.0. The number of thioether (sulfide) groups is 1. The topological polar surface area (TPSA) is 0 Å². The molecule has 0 N–H and O–H groups in total. The first-order valence-electron chi connectivity index (χ1n) is 5.74. The fourth-order valence-corrected chi connectivity index (χ4v) is 1.94. The van der Waals surface area contributed by atoms with Gasteiger partial charge in [-0.25, -0.2) is 0 Å². The van der Waals surface area contributed by atoms with E-state index in [0.717, 1.165) is 6.42 Å². The maximum absolute atomic E-state index is 2.19. The van der Waals surface area contributed by atoms with Gasteiger partial charge in [-0.2, -0.15) is 0 Å². The van der Waals surface area contributed by atoms with E-state index in [9.17, 15) is 0 Å². The molecule has 0 aromatic carbocycles. The van der Waals surface area contributed by atoms with E-state index < -0.39 is 0 Å². The van der Waals surface area contributed by atoms with Crippen LogP contribution in [0.25, 0.3) is 0 Å². The first-order chi connectivity index (χ1) is 7.78. The van der Waals surface area contributed by atoms with Crippen molar-refractivity contribution in [2.24, 2.45) is 0 Å². The highest BCUT2D eigenvalue weighted by Crippen LogP contribution is 2.27. The molecular weight excluding hydrogens is 212 g/mol. The van der Waals surface area contributed by atoms with Gasteiger partial charge in [0.15, 0.2) is 0 Å². The summed E-state index contributed by atoms with van der Waals surface area (Å²) in [5.74, 6) is 0. The Balaban J connectivity index is 4.66. The fraction of sp³-hybridized carbons (Fsp3) is 0.333. The molecule has 0 aromatic rings. The molecular formula is C15H22S. The maximum Gasteiger partial charge on any atom is 0.0118 e. The lowest BCUT2D eigenvalue weighted by atomic mass is 10.4. The van der Waals surface area contributed by atoms with Gasteiger partial charge in [0.25, 0.3) is 0 Å². The molecule has 0 heterocycles. The lowest BCUT2D eigenvalue weighted by Gasteiger charge is -2.02. The molecule has 0 atom stereocenters. The number of rotatable bonds is 6.